The Morgan fingerprint density at radius 1 is 1.53 bits per heavy atom. The van der Waals surface area contributed by atoms with Crippen molar-refractivity contribution in [2.24, 2.45) is 0 Å². The van der Waals surface area contributed by atoms with Crippen LogP contribution in [0.1, 0.15) is 16.8 Å². The molecule has 1 unspecified atom stereocenters. The number of amides is 1. The minimum absolute atomic E-state index is 0.0918. The molecule has 0 radical (unpaired) electrons. The predicted octanol–water partition coefficient (Wildman–Crippen LogP) is 1.46. The van der Waals surface area contributed by atoms with Crippen molar-refractivity contribution in [3.63, 3.8) is 0 Å². The first-order chi connectivity index (χ1) is 8.91. The van der Waals surface area contributed by atoms with E-state index in [9.17, 15) is 9.90 Å². The molecule has 0 spiro atoms. The fraction of sp³-hybridized carbons (Fsp3) is 0.417. The Balaban J connectivity index is 2.08. The molecule has 5 nitrogen and oxygen atoms in total. The highest BCUT2D eigenvalue weighted by Gasteiger charge is 2.32. The number of carbonyl (C=O) groups is 1. The molecule has 1 fully saturated rings. The van der Waals surface area contributed by atoms with Crippen LogP contribution in [0.5, 0.6) is 0 Å². The summed E-state index contributed by atoms with van der Waals surface area (Å²) in [7, 11) is 0. The van der Waals surface area contributed by atoms with Gasteiger partial charge in [0, 0.05) is 25.3 Å². The second kappa shape index (κ2) is 5.54. The molecule has 0 aliphatic carbocycles. The molecule has 0 aromatic heterocycles. The number of benzene rings is 1. The highest BCUT2D eigenvalue weighted by Crippen LogP contribution is 2.28. The number of rotatable bonds is 3. The number of nitrogen functional groups attached to an aromatic ring is 1. The monoisotopic (exact) mass is 304 g/mol. The quantitative estimate of drug-likeness (QED) is 0.738. The van der Waals surface area contributed by atoms with Crippen LogP contribution in [0.3, 0.4) is 0 Å². The van der Waals surface area contributed by atoms with Crippen molar-refractivity contribution in [1.82, 2.24) is 5.32 Å². The van der Waals surface area contributed by atoms with Crippen LogP contribution in [0.4, 0.5) is 5.69 Å². The summed E-state index contributed by atoms with van der Waals surface area (Å²) in [5, 5.41) is 13.0. The van der Waals surface area contributed by atoms with Crippen molar-refractivity contribution in [1.29, 1.82) is 0 Å². The molecule has 7 heteroatoms. The van der Waals surface area contributed by atoms with Crippen molar-refractivity contribution in [2.45, 2.75) is 12.0 Å². The maximum Gasteiger partial charge on any atom is 0.253 e. The third-order valence-electron chi connectivity index (χ3n) is 2.96. The molecular weight excluding hydrogens is 291 g/mol. The second-order valence-corrected chi connectivity index (χ2v) is 5.36. The number of hydrogen-bond acceptors (Lipinski definition) is 4. The van der Waals surface area contributed by atoms with Crippen LogP contribution >= 0.6 is 23.2 Å². The van der Waals surface area contributed by atoms with Gasteiger partial charge in [0.1, 0.15) is 5.60 Å². The number of aliphatic hydroxyl groups is 1. The van der Waals surface area contributed by atoms with Crippen LogP contribution in [0.15, 0.2) is 12.1 Å². The topological polar surface area (TPSA) is 84.6 Å². The van der Waals surface area contributed by atoms with Gasteiger partial charge in [0.05, 0.1) is 22.2 Å². The molecule has 1 aromatic rings. The van der Waals surface area contributed by atoms with Crippen LogP contribution in [0.25, 0.3) is 0 Å². The Bertz CT molecular complexity index is 502. The van der Waals surface area contributed by atoms with E-state index >= 15 is 0 Å². The molecule has 1 aliphatic rings. The number of carbonyl (C=O) groups excluding carboxylic acids is 1. The van der Waals surface area contributed by atoms with Crippen LogP contribution in [-0.2, 0) is 4.74 Å². The first kappa shape index (κ1) is 14.4. The summed E-state index contributed by atoms with van der Waals surface area (Å²) < 4.78 is 5.09. The molecule has 1 aliphatic heterocycles. The lowest BCUT2D eigenvalue weighted by Crippen LogP contribution is -2.43. The van der Waals surface area contributed by atoms with Crippen LogP contribution in [0.2, 0.25) is 10.0 Å². The van der Waals surface area contributed by atoms with Gasteiger partial charge in [-0.2, -0.15) is 0 Å². The van der Waals surface area contributed by atoms with E-state index in [1.165, 1.54) is 12.1 Å². The molecule has 104 valence electrons. The zero-order valence-electron chi connectivity index (χ0n) is 10.1. The first-order valence-corrected chi connectivity index (χ1v) is 6.50. The zero-order chi connectivity index (χ0) is 14.0. The van der Waals surface area contributed by atoms with E-state index in [-0.39, 0.29) is 28.8 Å². The van der Waals surface area contributed by atoms with E-state index in [0.717, 1.165) is 0 Å². The summed E-state index contributed by atoms with van der Waals surface area (Å²) in [5.74, 6) is -0.431. The minimum atomic E-state index is -1.02. The standard InChI is InChI=1S/C12H14Cl2N2O3/c13-9-4-7(15)3-8(10(9)14)11(17)16-5-12(18)1-2-19-6-12/h3-4,18H,1-2,5-6,15H2,(H,16,17). The van der Waals surface area contributed by atoms with E-state index < -0.39 is 11.5 Å². The zero-order valence-corrected chi connectivity index (χ0v) is 11.6. The van der Waals surface area contributed by atoms with Crippen LogP contribution in [-0.4, -0.2) is 36.4 Å². The highest BCUT2D eigenvalue weighted by atomic mass is 35.5. The number of nitrogens with one attached hydrogen (secondary N) is 1. The molecular formula is C12H14Cl2N2O3. The Hall–Kier alpha value is -1.01. The average Bonchev–Trinajstić information content (AvgIpc) is 2.78. The van der Waals surface area contributed by atoms with Gasteiger partial charge in [0.2, 0.25) is 0 Å². The Morgan fingerprint density at radius 2 is 2.26 bits per heavy atom. The molecule has 2 rings (SSSR count). The van der Waals surface area contributed by atoms with Gasteiger partial charge in [-0.15, -0.1) is 0 Å². The number of nitrogens with two attached hydrogens (primary N) is 1. The SMILES string of the molecule is Nc1cc(Cl)c(Cl)c(C(=O)NCC2(O)CCOC2)c1. The maximum absolute atomic E-state index is 12.0. The molecule has 0 bridgehead atoms. The van der Waals surface area contributed by atoms with Gasteiger partial charge in [0.15, 0.2) is 0 Å². The molecule has 1 aromatic carbocycles. The molecule has 1 saturated heterocycles. The first-order valence-electron chi connectivity index (χ1n) is 5.74. The fourth-order valence-electron chi connectivity index (χ4n) is 1.85. The maximum atomic E-state index is 12.0. The lowest BCUT2D eigenvalue weighted by atomic mass is 10.0. The van der Waals surface area contributed by atoms with E-state index in [1.807, 2.05) is 0 Å². The normalized spacial score (nSPS) is 22.5. The molecule has 1 amide bonds. The van der Waals surface area contributed by atoms with Crippen molar-refractivity contribution in [2.75, 3.05) is 25.5 Å². The number of ether oxygens (including phenoxy) is 1. The molecule has 1 heterocycles. The molecule has 19 heavy (non-hydrogen) atoms. The lowest BCUT2D eigenvalue weighted by Gasteiger charge is -2.20. The van der Waals surface area contributed by atoms with Crippen molar-refractivity contribution in [3.8, 4) is 0 Å². The van der Waals surface area contributed by atoms with Gasteiger partial charge < -0.3 is 20.9 Å². The Labute approximate surface area is 120 Å². The smallest absolute Gasteiger partial charge is 0.253 e. The average molecular weight is 305 g/mol. The van der Waals surface area contributed by atoms with E-state index in [1.54, 1.807) is 0 Å². The molecule has 0 saturated carbocycles. The van der Waals surface area contributed by atoms with Gasteiger partial charge in [0.25, 0.3) is 5.91 Å². The second-order valence-electron chi connectivity index (χ2n) is 4.57. The van der Waals surface area contributed by atoms with Gasteiger partial charge in [-0.3, -0.25) is 4.79 Å². The van der Waals surface area contributed by atoms with Gasteiger partial charge in [-0.25, -0.2) is 0 Å². The largest absolute Gasteiger partial charge is 0.399 e. The van der Waals surface area contributed by atoms with Crippen molar-refractivity contribution in [3.05, 3.63) is 27.7 Å². The summed E-state index contributed by atoms with van der Waals surface area (Å²) in [5.41, 5.74) is 5.13. The van der Waals surface area contributed by atoms with E-state index in [0.29, 0.717) is 18.7 Å². The summed E-state index contributed by atoms with van der Waals surface area (Å²) in [6, 6.07) is 2.91. The summed E-state index contributed by atoms with van der Waals surface area (Å²) >= 11 is 11.8. The Kier molecular flexibility index (Phi) is 4.20. The summed E-state index contributed by atoms with van der Waals surface area (Å²) in [4.78, 5) is 12.0. The van der Waals surface area contributed by atoms with Crippen LogP contribution < -0.4 is 11.1 Å². The molecule has 4 N–H and O–H groups in total. The van der Waals surface area contributed by atoms with Gasteiger partial charge in [-0.05, 0) is 12.1 Å². The fourth-order valence-corrected chi connectivity index (χ4v) is 2.27. The number of halogens is 2. The van der Waals surface area contributed by atoms with Crippen molar-refractivity contribution < 1.29 is 14.6 Å². The summed E-state index contributed by atoms with van der Waals surface area (Å²) in [6.07, 6.45) is 0.485. The third-order valence-corrected chi connectivity index (χ3v) is 3.76. The number of anilines is 1. The predicted molar refractivity (Wildman–Crippen MR) is 73.6 cm³/mol. The van der Waals surface area contributed by atoms with E-state index in [2.05, 4.69) is 5.32 Å². The number of hydrogen-bond donors (Lipinski definition) is 3. The lowest BCUT2D eigenvalue weighted by molar-refractivity contribution is 0.0264. The summed E-state index contributed by atoms with van der Waals surface area (Å²) in [6.45, 7) is 0.782. The van der Waals surface area contributed by atoms with Gasteiger partial charge >= 0.3 is 0 Å². The third kappa shape index (κ3) is 3.30. The van der Waals surface area contributed by atoms with Crippen LogP contribution in [0, 0.1) is 0 Å². The highest BCUT2D eigenvalue weighted by molar-refractivity contribution is 6.44. The van der Waals surface area contributed by atoms with E-state index in [4.69, 9.17) is 33.7 Å². The molecule has 1 atom stereocenters. The van der Waals surface area contributed by atoms with Crippen molar-refractivity contribution >= 4 is 34.8 Å². The van der Waals surface area contributed by atoms with Gasteiger partial charge in [-0.1, -0.05) is 23.2 Å². The Morgan fingerprint density at radius 3 is 2.89 bits per heavy atom. The minimum Gasteiger partial charge on any atom is -0.399 e.